The van der Waals surface area contributed by atoms with Crippen LogP contribution in [-0.4, -0.2) is 48.1 Å². The average Bonchev–Trinajstić information content (AvgIpc) is 3.29. The van der Waals surface area contributed by atoms with E-state index >= 15 is 0 Å². The summed E-state index contributed by atoms with van der Waals surface area (Å²) in [4.78, 5) is 14.6. The molecule has 1 aliphatic heterocycles. The van der Waals surface area contributed by atoms with Crippen LogP contribution in [0.5, 0.6) is 5.75 Å². The highest BCUT2D eigenvalue weighted by Gasteiger charge is 2.30. The van der Waals surface area contributed by atoms with Crippen molar-refractivity contribution in [3.8, 4) is 5.75 Å². The number of aromatic nitrogens is 2. The first-order valence-electron chi connectivity index (χ1n) is 8.44. The number of ether oxygens (including phenoxy) is 2. The highest BCUT2D eigenvalue weighted by atomic mass is 16.5. The highest BCUT2D eigenvalue weighted by molar-refractivity contribution is 5.89. The van der Waals surface area contributed by atoms with Crippen molar-refractivity contribution in [2.75, 3.05) is 32.7 Å². The first kappa shape index (κ1) is 17.3. The maximum absolute atomic E-state index is 12.7. The summed E-state index contributed by atoms with van der Waals surface area (Å²) in [5, 5.41) is 7.16. The summed E-state index contributed by atoms with van der Waals surface area (Å²) in [5.74, 6) is 0.821. The van der Waals surface area contributed by atoms with Crippen LogP contribution in [0.4, 0.5) is 10.5 Å². The lowest BCUT2D eigenvalue weighted by molar-refractivity contribution is 0.183. The van der Waals surface area contributed by atoms with Crippen LogP contribution in [0.3, 0.4) is 0 Å². The van der Waals surface area contributed by atoms with Crippen LogP contribution in [0.25, 0.3) is 0 Å². The summed E-state index contributed by atoms with van der Waals surface area (Å²) in [5.41, 5.74) is 1.82. The van der Waals surface area contributed by atoms with Crippen LogP contribution in [0.15, 0.2) is 36.7 Å². The lowest BCUT2D eigenvalue weighted by atomic mass is 10.0. The third-order valence-electron chi connectivity index (χ3n) is 4.42. The van der Waals surface area contributed by atoms with Gasteiger partial charge in [0.2, 0.25) is 0 Å². The molecule has 2 heterocycles. The van der Waals surface area contributed by atoms with E-state index in [1.165, 1.54) is 0 Å². The second-order valence-corrected chi connectivity index (χ2v) is 6.04. The van der Waals surface area contributed by atoms with Gasteiger partial charge in [-0.1, -0.05) is 12.1 Å². The van der Waals surface area contributed by atoms with E-state index in [9.17, 15) is 4.79 Å². The van der Waals surface area contributed by atoms with Gasteiger partial charge in [-0.2, -0.15) is 5.10 Å². The molecular formula is C18H24N4O3. The average molecular weight is 344 g/mol. The fourth-order valence-electron chi connectivity index (χ4n) is 3.11. The molecule has 0 saturated carbocycles. The van der Waals surface area contributed by atoms with E-state index in [2.05, 4.69) is 10.4 Å². The molecule has 1 fully saturated rings. The van der Waals surface area contributed by atoms with Crippen molar-refractivity contribution in [1.82, 2.24) is 14.7 Å². The molecule has 2 amide bonds. The number of methoxy groups -OCH3 is 2. The van der Waals surface area contributed by atoms with Gasteiger partial charge in [-0.3, -0.25) is 4.68 Å². The van der Waals surface area contributed by atoms with Crippen LogP contribution < -0.4 is 10.1 Å². The maximum Gasteiger partial charge on any atom is 0.322 e. The van der Waals surface area contributed by atoms with Crippen molar-refractivity contribution in [1.29, 1.82) is 0 Å². The Morgan fingerprint density at radius 3 is 2.84 bits per heavy atom. The SMILES string of the molecule is COCCn1cc(NC(=O)N2CCC[C@@H]2c2ccc(OC)cc2)cn1. The van der Waals surface area contributed by atoms with Gasteiger partial charge in [0.1, 0.15) is 5.75 Å². The van der Waals surface area contributed by atoms with E-state index in [4.69, 9.17) is 9.47 Å². The minimum atomic E-state index is -0.0930. The lowest BCUT2D eigenvalue weighted by Gasteiger charge is -2.25. The second-order valence-electron chi connectivity index (χ2n) is 6.04. The van der Waals surface area contributed by atoms with E-state index in [-0.39, 0.29) is 12.1 Å². The standard InChI is InChI=1S/C18H24N4O3/c1-24-11-10-21-13-15(12-19-21)20-18(23)22-9-3-4-17(22)14-5-7-16(25-2)8-6-14/h5-8,12-13,17H,3-4,9-11H2,1-2H3,(H,20,23)/t17-/m1/s1. The van der Waals surface area contributed by atoms with Crippen molar-refractivity contribution in [3.63, 3.8) is 0 Å². The van der Waals surface area contributed by atoms with Crippen molar-refractivity contribution in [3.05, 3.63) is 42.2 Å². The summed E-state index contributed by atoms with van der Waals surface area (Å²) in [7, 11) is 3.30. The summed E-state index contributed by atoms with van der Waals surface area (Å²) in [6.45, 7) is 1.99. The van der Waals surface area contributed by atoms with Gasteiger partial charge in [0.05, 0.1) is 38.2 Å². The quantitative estimate of drug-likeness (QED) is 0.875. The van der Waals surface area contributed by atoms with E-state index in [0.29, 0.717) is 18.8 Å². The second kappa shape index (κ2) is 8.02. The van der Waals surface area contributed by atoms with Crippen LogP contribution in [0.2, 0.25) is 0 Å². The molecule has 0 bridgehead atoms. The number of urea groups is 1. The van der Waals surface area contributed by atoms with Crippen molar-refractivity contribution in [2.24, 2.45) is 0 Å². The number of hydrogen-bond donors (Lipinski definition) is 1. The molecule has 1 aromatic heterocycles. The van der Waals surface area contributed by atoms with Crippen LogP contribution in [0.1, 0.15) is 24.4 Å². The topological polar surface area (TPSA) is 68.6 Å². The van der Waals surface area contributed by atoms with Crippen LogP contribution in [-0.2, 0) is 11.3 Å². The summed E-state index contributed by atoms with van der Waals surface area (Å²) < 4.78 is 12.0. The monoisotopic (exact) mass is 344 g/mol. The molecule has 1 N–H and O–H groups in total. The van der Waals surface area contributed by atoms with Gasteiger partial charge in [0, 0.05) is 19.9 Å². The molecule has 1 saturated heterocycles. The molecule has 0 aliphatic carbocycles. The van der Waals surface area contributed by atoms with Crippen molar-refractivity contribution >= 4 is 11.7 Å². The van der Waals surface area contributed by atoms with Gasteiger partial charge in [0.15, 0.2) is 0 Å². The fraction of sp³-hybridized carbons (Fsp3) is 0.444. The van der Waals surface area contributed by atoms with Gasteiger partial charge >= 0.3 is 6.03 Å². The highest BCUT2D eigenvalue weighted by Crippen LogP contribution is 2.33. The number of nitrogens with zero attached hydrogens (tertiary/aromatic N) is 3. The smallest absolute Gasteiger partial charge is 0.322 e. The number of likely N-dealkylation sites (tertiary alicyclic amines) is 1. The molecule has 7 heteroatoms. The van der Waals surface area contributed by atoms with Gasteiger partial charge < -0.3 is 19.7 Å². The molecule has 134 valence electrons. The van der Waals surface area contributed by atoms with E-state index in [0.717, 1.165) is 30.7 Å². The van der Waals surface area contributed by atoms with Gasteiger partial charge in [0.25, 0.3) is 0 Å². The molecule has 0 spiro atoms. The maximum atomic E-state index is 12.7. The Kier molecular flexibility index (Phi) is 5.55. The van der Waals surface area contributed by atoms with Crippen LogP contribution in [0, 0.1) is 0 Å². The number of hydrogen-bond acceptors (Lipinski definition) is 4. The molecule has 1 atom stereocenters. The zero-order valence-corrected chi connectivity index (χ0v) is 14.6. The third-order valence-corrected chi connectivity index (χ3v) is 4.42. The molecule has 0 unspecified atom stereocenters. The molecule has 3 rings (SSSR count). The number of nitrogens with one attached hydrogen (secondary N) is 1. The Balaban J connectivity index is 1.64. The normalized spacial score (nSPS) is 16.9. The molecule has 0 radical (unpaired) electrons. The number of benzene rings is 1. The fourth-order valence-corrected chi connectivity index (χ4v) is 3.11. The first-order valence-corrected chi connectivity index (χ1v) is 8.44. The first-order chi connectivity index (χ1) is 12.2. The Morgan fingerprint density at radius 2 is 2.12 bits per heavy atom. The van der Waals surface area contributed by atoms with E-state index in [1.54, 1.807) is 25.1 Å². The Hall–Kier alpha value is -2.54. The zero-order valence-electron chi connectivity index (χ0n) is 14.6. The Bertz CT molecular complexity index is 699. The number of amides is 2. The minimum absolute atomic E-state index is 0.0921. The number of rotatable bonds is 6. The lowest BCUT2D eigenvalue weighted by Crippen LogP contribution is -2.34. The van der Waals surface area contributed by atoms with E-state index < -0.39 is 0 Å². The molecule has 1 aliphatic rings. The molecule has 1 aromatic carbocycles. The molecule has 2 aromatic rings. The van der Waals surface area contributed by atoms with Gasteiger partial charge in [-0.05, 0) is 30.5 Å². The number of carbonyl (C=O) groups excluding carboxylic acids is 1. The van der Waals surface area contributed by atoms with Gasteiger partial charge in [-0.25, -0.2) is 4.79 Å². The summed E-state index contributed by atoms with van der Waals surface area (Å²) >= 11 is 0. The van der Waals surface area contributed by atoms with Crippen molar-refractivity contribution < 1.29 is 14.3 Å². The predicted molar refractivity (Wildman–Crippen MR) is 94.8 cm³/mol. The number of anilines is 1. The molecule has 25 heavy (non-hydrogen) atoms. The Morgan fingerprint density at radius 1 is 1.32 bits per heavy atom. The largest absolute Gasteiger partial charge is 0.497 e. The van der Waals surface area contributed by atoms with Gasteiger partial charge in [-0.15, -0.1) is 0 Å². The predicted octanol–water partition coefficient (Wildman–Crippen LogP) is 2.91. The minimum Gasteiger partial charge on any atom is -0.497 e. The molecule has 7 nitrogen and oxygen atoms in total. The third kappa shape index (κ3) is 4.11. The number of carbonyl (C=O) groups is 1. The van der Waals surface area contributed by atoms with Crippen LogP contribution >= 0.6 is 0 Å². The molecular weight excluding hydrogens is 320 g/mol. The van der Waals surface area contributed by atoms with Crippen molar-refractivity contribution in [2.45, 2.75) is 25.4 Å². The Labute approximate surface area is 147 Å². The summed E-state index contributed by atoms with van der Waals surface area (Å²) in [6.07, 6.45) is 5.44. The zero-order chi connectivity index (χ0) is 17.6. The summed E-state index contributed by atoms with van der Waals surface area (Å²) in [6, 6.07) is 7.92. The van der Waals surface area contributed by atoms with E-state index in [1.807, 2.05) is 35.4 Å².